The second-order valence-electron chi connectivity index (χ2n) is 6.39. The molecule has 0 aliphatic rings. The summed E-state index contributed by atoms with van der Waals surface area (Å²) in [5, 5.41) is 13.5. The minimum absolute atomic E-state index is 0.0291. The van der Waals surface area contributed by atoms with Crippen LogP contribution >= 0.6 is 0 Å². The Labute approximate surface area is 144 Å². The number of aromatic hydroxyl groups is 1. The summed E-state index contributed by atoms with van der Waals surface area (Å²) < 4.78 is 0. The third kappa shape index (κ3) is 1.39. The van der Waals surface area contributed by atoms with Crippen LogP contribution in [-0.4, -0.2) is 20.1 Å². The van der Waals surface area contributed by atoms with Crippen molar-refractivity contribution in [3.05, 3.63) is 63.2 Å². The fourth-order valence-corrected chi connectivity index (χ4v) is 4.01. The molecule has 0 saturated heterocycles. The molecule has 0 radical (unpaired) electrons. The number of nitrogens with one attached hydrogen (secondary N) is 1. The summed E-state index contributed by atoms with van der Waals surface area (Å²) in [5.74, 6) is 0.0291. The van der Waals surface area contributed by atoms with Gasteiger partial charge in [0.1, 0.15) is 11.3 Å². The number of aromatic nitrogens is 3. The SMILES string of the molecule is O=c1[nH]c(=O)c2c1c1c3ccccc3nc1c1nc3c(O)cccc3c12. The number of para-hydroxylation sites is 2. The Kier molecular flexibility index (Phi) is 2.20. The quantitative estimate of drug-likeness (QED) is 0.444. The Bertz CT molecular complexity index is 1640. The first-order valence-corrected chi connectivity index (χ1v) is 8.10. The van der Waals surface area contributed by atoms with E-state index in [1.54, 1.807) is 18.2 Å². The molecular formula is C20H9N3O3. The summed E-state index contributed by atoms with van der Waals surface area (Å²) in [7, 11) is 0. The number of benzene rings is 3. The molecule has 3 aromatic heterocycles. The van der Waals surface area contributed by atoms with Crippen molar-refractivity contribution >= 4 is 54.4 Å². The largest absolute Gasteiger partial charge is 0.506 e. The molecule has 6 aromatic rings. The standard InChI is InChI=1S/C20H9N3O3/c24-11-7-3-5-9-13-15-14(19(25)23-20(15)26)12-8-4-1-2-6-10(8)21-17(12)18(13)22-16(9)11/h1-7,24H,(H,23,25,26). The number of H-pyrrole nitrogens is 1. The third-order valence-electron chi connectivity index (χ3n) is 5.04. The monoisotopic (exact) mass is 339 g/mol. The van der Waals surface area contributed by atoms with Gasteiger partial charge in [-0.25, -0.2) is 9.97 Å². The average molecular weight is 339 g/mol. The van der Waals surface area contributed by atoms with Gasteiger partial charge < -0.3 is 5.11 Å². The zero-order chi connectivity index (χ0) is 17.6. The molecule has 0 aliphatic heterocycles. The number of hydrogen-bond acceptors (Lipinski definition) is 5. The molecule has 0 bridgehead atoms. The van der Waals surface area contributed by atoms with Crippen LogP contribution in [0.5, 0.6) is 5.75 Å². The van der Waals surface area contributed by atoms with E-state index >= 15 is 0 Å². The number of aromatic amines is 1. The zero-order valence-corrected chi connectivity index (χ0v) is 13.2. The topological polar surface area (TPSA) is 95.9 Å². The number of phenols is 1. The second-order valence-corrected chi connectivity index (χ2v) is 6.39. The van der Waals surface area contributed by atoms with Gasteiger partial charge in [0.05, 0.1) is 27.3 Å². The smallest absolute Gasteiger partial charge is 0.259 e. The van der Waals surface area contributed by atoms with Gasteiger partial charge in [-0.2, -0.15) is 0 Å². The number of phenolic OH excluding ortho intramolecular Hbond substituents is 1. The first kappa shape index (κ1) is 13.5. The van der Waals surface area contributed by atoms with Gasteiger partial charge in [0.15, 0.2) is 0 Å². The van der Waals surface area contributed by atoms with E-state index < -0.39 is 11.1 Å². The molecule has 0 fully saturated rings. The van der Waals surface area contributed by atoms with Crippen molar-refractivity contribution < 1.29 is 5.11 Å². The van der Waals surface area contributed by atoms with Gasteiger partial charge in [0.2, 0.25) is 0 Å². The van der Waals surface area contributed by atoms with Gasteiger partial charge >= 0.3 is 0 Å². The predicted molar refractivity (Wildman–Crippen MR) is 100 cm³/mol. The minimum Gasteiger partial charge on any atom is -0.506 e. The molecule has 0 spiro atoms. The van der Waals surface area contributed by atoms with Gasteiger partial charge in [0.25, 0.3) is 11.1 Å². The lowest BCUT2D eigenvalue weighted by atomic mass is 10.0. The lowest BCUT2D eigenvalue weighted by molar-refractivity contribution is 0.480. The molecule has 0 saturated carbocycles. The summed E-state index contributed by atoms with van der Waals surface area (Å²) in [5.41, 5.74) is 1.36. The lowest BCUT2D eigenvalue weighted by Gasteiger charge is -1.97. The fourth-order valence-electron chi connectivity index (χ4n) is 4.01. The fraction of sp³-hybridized carbons (Fsp3) is 0. The van der Waals surface area contributed by atoms with Crippen LogP contribution in [0.2, 0.25) is 0 Å². The van der Waals surface area contributed by atoms with Gasteiger partial charge in [-0.05, 0) is 12.1 Å². The van der Waals surface area contributed by atoms with Crippen molar-refractivity contribution in [1.29, 1.82) is 0 Å². The van der Waals surface area contributed by atoms with Crippen LogP contribution in [0.15, 0.2) is 52.1 Å². The molecule has 6 nitrogen and oxygen atoms in total. The highest BCUT2D eigenvalue weighted by Crippen LogP contribution is 2.40. The van der Waals surface area contributed by atoms with E-state index in [2.05, 4.69) is 15.0 Å². The highest BCUT2D eigenvalue weighted by Gasteiger charge is 2.23. The number of hydrogen-bond donors (Lipinski definition) is 2. The van der Waals surface area contributed by atoms with Crippen LogP contribution < -0.4 is 11.1 Å². The lowest BCUT2D eigenvalue weighted by Crippen LogP contribution is -2.05. The Morgan fingerprint density at radius 3 is 2.15 bits per heavy atom. The van der Waals surface area contributed by atoms with Crippen LogP contribution in [0.1, 0.15) is 0 Å². The number of rotatable bonds is 0. The summed E-state index contributed by atoms with van der Waals surface area (Å²) in [6.45, 7) is 0. The molecule has 3 heterocycles. The number of fused-ring (bicyclic) bond motifs is 10. The maximum absolute atomic E-state index is 12.6. The summed E-state index contributed by atoms with van der Waals surface area (Å²) >= 11 is 0. The van der Waals surface area contributed by atoms with E-state index in [9.17, 15) is 14.7 Å². The van der Waals surface area contributed by atoms with Gasteiger partial charge in [-0.3, -0.25) is 14.6 Å². The molecular weight excluding hydrogens is 330 g/mol. The van der Waals surface area contributed by atoms with Crippen LogP contribution in [-0.2, 0) is 0 Å². The molecule has 0 amide bonds. The van der Waals surface area contributed by atoms with Crippen molar-refractivity contribution in [2.45, 2.75) is 0 Å². The summed E-state index contributed by atoms with van der Waals surface area (Å²) in [6.07, 6.45) is 0. The van der Waals surface area contributed by atoms with Crippen LogP contribution in [0, 0.1) is 0 Å². The van der Waals surface area contributed by atoms with Crippen molar-refractivity contribution in [2.75, 3.05) is 0 Å². The summed E-state index contributed by atoms with van der Waals surface area (Å²) in [4.78, 5) is 36.8. The van der Waals surface area contributed by atoms with Crippen molar-refractivity contribution in [2.24, 2.45) is 0 Å². The van der Waals surface area contributed by atoms with E-state index in [-0.39, 0.29) is 5.75 Å². The highest BCUT2D eigenvalue weighted by molar-refractivity contribution is 6.35. The molecule has 0 unspecified atom stereocenters. The van der Waals surface area contributed by atoms with Crippen molar-refractivity contribution in [3.8, 4) is 5.75 Å². The molecule has 0 aliphatic carbocycles. The molecule has 3 aromatic carbocycles. The molecule has 26 heavy (non-hydrogen) atoms. The Morgan fingerprint density at radius 1 is 0.692 bits per heavy atom. The normalized spacial score (nSPS) is 12.3. The minimum atomic E-state index is -0.445. The number of nitrogens with zero attached hydrogens (tertiary/aromatic N) is 2. The maximum atomic E-state index is 12.6. The van der Waals surface area contributed by atoms with E-state index in [4.69, 9.17) is 0 Å². The summed E-state index contributed by atoms with van der Waals surface area (Å²) in [6, 6.07) is 12.5. The molecule has 122 valence electrons. The molecule has 6 heteroatoms. The first-order chi connectivity index (χ1) is 12.6. The van der Waals surface area contributed by atoms with E-state index in [1.165, 1.54) is 0 Å². The zero-order valence-electron chi connectivity index (χ0n) is 13.2. The van der Waals surface area contributed by atoms with Crippen LogP contribution in [0.25, 0.3) is 54.4 Å². The molecule has 6 rings (SSSR count). The Morgan fingerprint density at radius 2 is 1.35 bits per heavy atom. The second kappa shape index (κ2) is 4.23. The highest BCUT2D eigenvalue weighted by atomic mass is 16.3. The van der Waals surface area contributed by atoms with Crippen molar-refractivity contribution in [1.82, 2.24) is 15.0 Å². The average Bonchev–Trinajstić information content (AvgIpc) is 3.27. The van der Waals surface area contributed by atoms with Gasteiger partial charge in [-0.1, -0.05) is 30.3 Å². The van der Waals surface area contributed by atoms with Gasteiger partial charge in [-0.15, -0.1) is 0 Å². The maximum Gasteiger partial charge on any atom is 0.259 e. The van der Waals surface area contributed by atoms with Gasteiger partial charge in [0, 0.05) is 21.5 Å². The van der Waals surface area contributed by atoms with E-state index in [1.807, 2.05) is 24.3 Å². The van der Waals surface area contributed by atoms with E-state index in [0.717, 1.165) is 10.9 Å². The van der Waals surface area contributed by atoms with Crippen LogP contribution in [0.3, 0.4) is 0 Å². The Balaban J connectivity index is 2.13. The van der Waals surface area contributed by atoms with E-state index in [0.29, 0.717) is 43.5 Å². The predicted octanol–water partition coefficient (Wildman–Crippen LogP) is 2.87. The molecule has 0 atom stereocenters. The third-order valence-corrected chi connectivity index (χ3v) is 5.04. The van der Waals surface area contributed by atoms with Crippen LogP contribution in [0.4, 0.5) is 0 Å². The Hall–Kier alpha value is -3.80. The first-order valence-electron chi connectivity index (χ1n) is 8.10. The van der Waals surface area contributed by atoms with Crippen molar-refractivity contribution in [3.63, 3.8) is 0 Å². The molecule has 2 N–H and O–H groups in total.